The van der Waals surface area contributed by atoms with E-state index in [1.807, 2.05) is 24.3 Å². The fourth-order valence-corrected chi connectivity index (χ4v) is 1.69. The molecular formula is C11H12O3S. The first-order chi connectivity index (χ1) is 7.15. The predicted molar refractivity (Wildman–Crippen MR) is 59.8 cm³/mol. The number of carbonyl (C=O) groups is 1. The van der Waals surface area contributed by atoms with Gasteiger partial charge >= 0.3 is 5.97 Å². The van der Waals surface area contributed by atoms with Gasteiger partial charge in [0.15, 0.2) is 0 Å². The Kier molecular flexibility index (Phi) is 4.39. The second kappa shape index (κ2) is 5.58. The van der Waals surface area contributed by atoms with E-state index >= 15 is 0 Å². The molecule has 4 heteroatoms. The third kappa shape index (κ3) is 3.42. The zero-order valence-corrected chi connectivity index (χ0v) is 9.21. The Morgan fingerprint density at radius 1 is 1.53 bits per heavy atom. The highest BCUT2D eigenvalue weighted by Gasteiger charge is 2.08. The van der Waals surface area contributed by atoms with Gasteiger partial charge < -0.3 is 9.29 Å². The maximum Gasteiger partial charge on any atom is 0.331 e. The van der Waals surface area contributed by atoms with E-state index in [4.69, 9.17) is 9.29 Å². The first kappa shape index (κ1) is 11.8. The summed E-state index contributed by atoms with van der Waals surface area (Å²) in [6.07, 6.45) is 0.335. The molecule has 1 N–H and O–H groups in total. The quantitative estimate of drug-likeness (QED) is 0.616. The molecule has 80 valence electrons. The summed E-state index contributed by atoms with van der Waals surface area (Å²) in [5.74, 6) is -0.966. The highest BCUT2D eigenvalue weighted by Crippen LogP contribution is 2.24. The van der Waals surface area contributed by atoms with Crippen LogP contribution in [0.5, 0.6) is 0 Å². The number of rotatable bonds is 5. The summed E-state index contributed by atoms with van der Waals surface area (Å²) in [6, 6.07) is 7.51. The molecule has 0 spiro atoms. The van der Waals surface area contributed by atoms with Crippen molar-refractivity contribution in [3.8, 4) is 0 Å². The van der Waals surface area contributed by atoms with Crippen molar-refractivity contribution in [2.45, 2.75) is 11.3 Å². The van der Waals surface area contributed by atoms with Crippen LogP contribution in [0, 0.1) is 0 Å². The molecule has 1 aromatic carbocycles. The molecule has 1 aromatic rings. The van der Waals surface area contributed by atoms with Crippen molar-refractivity contribution in [2.75, 3.05) is 7.11 Å². The predicted octanol–water partition coefficient (Wildman–Crippen LogP) is 2.52. The molecule has 0 atom stereocenters. The average Bonchev–Trinajstić information content (AvgIpc) is 2.21. The fraction of sp³-hybridized carbons (Fsp3) is 0.182. The minimum Gasteiger partial charge on any atom is -0.478 e. The van der Waals surface area contributed by atoms with Crippen LogP contribution in [0.4, 0.5) is 0 Å². The second-order valence-electron chi connectivity index (χ2n) is 2.94. The SMILES string of the molecule is C=C(Cc1ccccc1SOC)C(=O)O. The number of hydrogen-bond donors (Lipinski definition) is 1. The van der Waals surface area contributed by atoms with Crippen molar-refractivity contribution in [1.29, 1.82) is 0 Å². The summed E-state index contributed by atoms with van der Waals surface area (Å²) in [4.78, 5) is 11.6. The van der Waals surface area contributed by atoms with Crippen molar-refractivity contribution < 1.29 is 14.1 Å². The van der Waals surface area contributed by atoms with Gasteiger partial charge in [-0.15, -0.1) is 0 Å². The van der Waals surface area contributed by atoms with E-state index in [9.17, 15) is 4.79 Å². The fourth-order valence-electron chi connectivity index (χ4n) is 1.13. The summed E-state index contributed by atoms with van der Waals surface area (Å²) in [5, 5.41) is 8.73. The molecule has 0 bridgehead atoms. The Labute approximate surface area is 93.0 Å². The van der Waals surface area contributed by atoms with Crippen molar-refractivity contribution in [3.63, 3.8) is 0 Å². The summed E-state index contributed by atoms with van der Waals surface area (Å²) in [5.41, 5.74) is 1.09. The molecule has 0 aromatic heterocycles. The highest BCUT2D eigenvalue weighted by atomic mass is 32.2. The van der Waals surface area contributed by atoms with E-state index < -0.39 is 5.97 Å². The van der Waals surface area contributed by atoms with Gasteiger partial charge in [0.1, 0.15) is 0 Å². The van der Waals surface area contributed by atoms with Crippen LogP contribution < -0.4 is 0 Å². The minimum atomic E-state index is -0.966. The van der Waals surface area contributed by atoms with Crippen molar-refractivity contribution >= 4 is 18.0 Å². The molecule has 0 aliphatic carbocycles. The van der Waals surface area contributed by atoms with Crippen molar-refractivity contribution in [2.24, 2.45) is 0 Å². The van der Waals surface area contributed by atoms with Gasteiger partial charge in [-0.1, -0.05) is 24.8 Å². The van der Waals surface area contributed by atoms with Crippen LogP contribution in [0.1, 0.15) is 5.56 Å². The largest absolute Gasteiger partial charge is 0.478 e. The molecule has 0 radical (unpaired) electrons. The van der Waals surface area contributed by atoms with Gasteiger partial charge in [-0.25, -0.2) is 4.79 Å². The van der Waals surface area contributed by atoms with E-state index in [1.165, 1.54) is 12.0 Å². The van der Waals surface area contributed by atoms with Gasteiger partial charge in [-0.05, 0) is 11.6 Å². The number of aliphatic carboxylic acids is 1. The molecule has 0 amide bonds. The van der Waals surface area contributed by atoms with Crippen LogP contribution in [-0.2, 0) is 15.4 Å². The van der Waals surface area contributed by atoms with E-state index in [-0.39, 0.29) is 5.57 Å². The van der Waals surface area contributed by atoms with Crippen LogP contribution in [0.2, 0.25) is 0 Å². The molecular weight excluding hydrogens is 212 g/mol. The molecule has 0 fully saturated rings. The Morgan fingerprint density at radius 3 is 2.80 bits per heavy atom. The maximum absolute atomic E-state index is 10.6. The maximum atomic E-state index is 10.6. The standard InChI is InChI=1S/C11H12O3S/c1-8(11(12)13)7-9-5-3-4-6-10(9)15-14-2/h3-6H,1,7H2,2H3,(H,12,13). The lowest BCUT2D eigenvalue weighted by Gasteiger charge is -2.06. The summed E-state index contributed by atoms with van der Waals surface area (Å²) >= 11 is 1.22. The van der Waals surface area contributed by atoms with E-state index in [1.54, 1.807) is 7.11 Å². The number of hydrogen-bond acceptors (Lipinski definition) is 3. The van der Waals surface area contributed by atoms with Gasteiger partial charge in [0.2, 0.25) is 0 Å². The van der Waals surface area contributed by atoms with Gasteiger partial charge in [-0.3, -0.25) is 0 Å². The first-order valence-electron chi connectivity index (χ1n) is 4.34. The van der Waals surface area contributed by atoms with Gasteiger partial charge in [0, 0.05) is 28.9 Å². The number of benzene rings is 1. The Bertz CT molecular complexity index is 374. The lowest BCUT2D eigenvalue weighted by Crippen LogP contribution is -2.02. The average molecular weight is 224 g/mol. The van der Waals surface area contributed by atoms with Crippen LogP contribution >= 0.6 is 12.0 Å². The second-order valence-corrected chi connectivity index (χ2v) is 3.88. The third-order valence-electron chi connectivity index (χ3n) is 1.85. The lowest BCUT2D eigenvalue weighted by molar-refractivity contribution is -0.132. The van der Waals surface area contributed by atoms with Crippen LogP contribution in [0.25, 0.3) is 0 Å². The van der Waals surface area contributed by atoms with Crippen LogP contribution in [-0.4, -0.2) is 18.2 Å². The van der Waals surface area contributed by atoms with Crippen molar-refractivity contribution in [1.82, 2.24) is 0 Å². The van der Waals surface area contributed by atoms with E-state index in [2.05, 4.69) is 6.58 Å². The smallest absolute Gasteiger partial charge is 0.331 e. The lowest BCUT2D eigenvalue weighted by atomic mass is 10.1. The molecule has 0 heterocycles. The molecule has 0 aliphatic rings. The Hall–Kier alpha value is -1.26. The third-order valence-corrected chi connectivity index (χ3v) is 2.60. The summed E-state index contributed by atoms with van der Waals surface area (Å²) < 4.78 is 4.95. The normalized spacial score (nSPS) is 9.93. The van der Waals surface area contributed by atoms with E-state index in [0.29, 0.717) is 6.42 Å². The number of carboxylic acid groups (broad SMARTS) is 1. The first-order valence-corrected chi connectivity index (χ1v) is 5.09. The monoisotopic (exact) mass is 224 g/mol. The zero-order valence-electron chi connectivity index (χ0n) is 8.40. The molecule has 0 saturated heterocycles. The number of carboxylic acids is 1. The highest BCUT2D eigenvalue weighted by molar-refractivity contribution is 7.94. The van der Waals surface area contributed by atoms with Crippen LogP contribution in [0.3, 0.4) is 0 Å². The summed E-state index contributed by atoms with van der Waals surface area (Å²) in [6.45, 7) is 3.50. The molecule has 0 aliphatic heterocycles. The molecule has 0 saturated carbocycles. The van der Waals surface area contributed by atoms with Crippen LogP contribution in [0.15, 0.2) is 41.3 Å². The molecule has 1 rings (SSSR count). The Morgan fingerprint density at radius 2 is 2.20 bits per heavy atom. The topological polar surface area (TPSA) is 46.5 Å². The molecule has 3 nitrogen and oxygen atoms in total. The van der Waals surface area contributed by atoms with Gasteiger partial charge in [0.25, 0.3) is 0 Å². The van der Waals surface area contributed by atoms with E-state index in [0.717, 1.165) is 10.5 Å². The Balaban J connectivity index is 2.84. The minimum absolute atomic E-state index is 0.180. The molecule has 15 heavy (non-hydrogen) atoms. The van der Waals surface area contributed by atoms with Gasteiger partial charge in [0.05, 0.1) is 7.11 Å². The molecule has 0 unspecified atom stereocenters. The van der Waals surface area contributed by atoms with Crippen molar-refractivity contribution in [3.05, 3.63) is 42.0 Å². The van der Waals surface area contributed by atoms with Gasteiger partial charge in [-0.2, -0.15) is 0 Å². The summed E-state index contributed by atoms with van der Waals surface area (Å²) in [7, 11) is 1.58. The zero-order chi connectivity index (χ0) is 11.3.